The van der Waals surface area contributed by atoms with E-state index < -0.39 is 5.97 Å². The van der Waals surface area contributed by atoms with Gasteiger partial charge in [-0.3, -0.25) is 4.79 Å². The fourth-order valence-electron chi connectivity index (χ4n) is 1.72. The van der Waals surface area contributed by atoms with Gasteiger partial charge in [-0.05, 0) is 30.5 Å². The van der Waals surface area contributed by atoms with Crippen molar-refractivity contribution < 1.29 is 14.3 Å². The van der Waals surface area contributed by atoms with Crippen LogP contribution in [0.2, 0.25) is 0 Å². The van der Waals surface area contributed by atoms with E-state index in [2.05, 4.69) is 4.98 Å². The van der Waals surface area contributed by atoms with Crippen LogP contribution in [0.3, 0.4) is 0 Å². The SMILES string of the molecule is NC(CCc1cnc2occc2c1)CC(=O)O. The third-order valence-corrected chi connectivity index (χ3v) is 2.60. The first-order chi connectivity index (χ1) is 8.15. The van der Waals surface area contributed by atoms with Gasteiger partial charge in [0.25, 0.3) is 0 Å². The fraction of sp³-hybridized carbons (Fsp3) is 0.333. The van der Waals surface area contributed by atoms with Gasteiger partial charge in [0.15, 0.2) is 0 Å². The highest BCUT2D eigenvalue weighted by molar-refractivity contribution is 5.73. The van der Waals surface area contributed by atoms with Crippen LogP contribution in [0.25, 0.3) is 11.1 Å². The highest BCUT2D eigenvalue weighted by Crippen LogP contribution is 2.15. The molecule has 2 aromatic rings. The van der Waals surface area contributed by atoms with Crippen LogP contribution in [-0.2, 0) is 11.2 Å². The molecule has 17 heavy (non-hydrogen) atoms. The summed E-state index contributed by atoms with van der Waals surface area (Å²) in [6.45, 7) is 0. The van der Waals surface area contributed by atoms with Crippen LogP contribution < -0.4 is 5.73 Å². The molecule has 0 aliphatic rings. The largest absolute Gasteiger partial charge is 0.481 e. The Bertz CT molecular complexity index is 521. The first kappa shape index (κ1) is 11.6. The van der Waals surface area contributed by atoms with Gasteiger partial charge < -0.3 is 15.3 Å². The molecule has 2 aromatic heterocycles. The number of aryl methyl sites for hydroxylation is 1. The number of aliphatic carboxylic acids is 1. The predicted molar refractivity (Wildman–Crippen MR) is 62.6 cm³/mol. The van der Waals surface area contributed by atoms with Crippen molar-refractivity contribution in [2.45, 2.75) is 25.3 Å². The Labute approximate surface area is 98.2 Å². The van der Waals surface area contributed by atoms with Crippen molar-refractivity contribution in [2.75, 3.05) is 0 Å². The number of carboxylic acid groups (broad SMARTS) is 1. The van der Waals surface area contributed by atoms with E-state index in [0.29, 0.717) is 12.1 Å². The summed E-state index contributed by atoms with van der Waals surface area (Å²) in [5.41, 5.74) is 7.35. The van der Waals surface area contributed by atoms with Crippen molar-refractivity contribution in [3.05, 3.63) is 30.2 Å². The molecule has 0 radical (unpaired) electrons. The molecular formula is C12H14N2O3. The van der Waals surface area contributed by atoms with Crippen LogP contribution in [0.15, 0.2) is 29.0 Å². The summed E-state index contributed by atoms with van der Waals surface area (Å²) in [5.74, 6) is -0.860. The number of carboxylic acids is 1. The topological polar surface area (TPSA) is 89.4 Å². The minimum atomic E-state index is -0.860. The van der Waals surface area contributed by atoms with Crippen LogP contribution in [0.5, 0.6) is 0 Å². The molecule has 0 fully saturated rings. The second kappa shape index (κ2) is 4.97. The zero-order valence-corrected chi connectivity index (χ0v) is 9.30. The molecule has 1 atom stereocenters. The van der Waals surface area contributed by atoms with E-state index in [1.807, 2.05) is 12.1 Å². The molecule has 0 spiro atoms. The Hall–Kier alpha value is -1.88. The van der Waals surface area contributed by atoms with Crippen molar-refractivity contribution in [1.29, 1.82) is 0 Å². The first-order valence-electron chi connectivity index (χ1n) is 5.44. The lowest BCUT2D eigenvalue weighted by Gasteiger charge is -2.08. The average molecular weight is 234 g/mol. The van der Waals surface area contributed by atoms with Crippen molar-refractivity contribution in [3.63, 3.8) is 0 Å². The number of fused-ring (bicyclic) bond motifs is 1. The maximum Gasteiger partial charge on any atom is 0.304 e. The van der Waals surface area contributed by atoms with E-state index in [1.54, 1.807) is 12.5 Å². The molecule has 0 amide bonds. The smallest absolute Gasteiger partial charge is 0.304 e. The molecule has 0 aliphatic carbocycles. The van der Waals surface area contributed by atoms with Gasteiger partial charge in [0.05, 0.1) is 12.7 Å². The van der Waals surface area contributed by atoms with Crippen molar-refractivity contribution in [1.82, 2.24) is 4.98 Å². The molecule has 5 nitrogen and oxygen atoms in total. The molecule has 3 N–H and O–H groups in total. The van der Waals surface area contributed by atoms with Crippen LogP contribution in [0.1, 0.15) is 18.4 Å². The fourth-order valence-corrected chi connectivity index (χ4v) is 1.72. The van der Waals surface area contributed by atoms with E-state index in [-0.39, 0.29) is 12.5 Å². The van der Waals surface area contributed by atoms with Crippen LogP contribution in [0.4, 0.5) is 0 Å². The van der Waals surface area contributed by atoms with E-state index in [9.17, 15) is 4.79 Å². The van der Waals surface area contributed by atoms with Gasteiger partial charge in [-0.1, -0.05) is 0 Å². The lowest BCUT2D eigenvalue weighted by Crippen LogP contribution is -2.24. The zero-order chi connectivity index (χ0) is 12.3. The van der Waals surface area contributed by atoms with E-state index in [0.717, 1.165) is 17.4 Å². The molecule has 2 rings (SSSR count). The summed E-state index contributed by atoms with van der Waals surface area (Å²) >= 11 is 0. The van der Waals surface area contributed by atoms with Gasteiger partial charge in [-0.2, -0.15) is 0 Å². The molecule has 0 saturated carbocycles. The number of rotatable bonds is 5. The van der Waals surface area contributed by atoms with E-state index >= 15 is 0 Å². The molecule has 90 valence electrons. The highest BCUT2D eigenvalue weighted by Gasteiger charge is 2.08. The lowest BCUT2D eigenvalue weighted by atomic mass is 10.0. The Morgan fingerprint density at radius 1 is 1.59 bits per heavy atom. The van der Waals surface area contributed by atoms with Gasteiger partial charge in [0, 0.05) is 17.6 Å². The third-order valence-electron chi connectivity index (χ3n) is 2.60. The summed E-state index contributed by atoms with van der Waals surface area (Å²) in [4.78, 5) is 14.6. The standard InChI is InChI=1S/C12H14N2O3/c13-10(6-11(15)16)2-1-8-5-9-3-4-17-12(9)14-7-8/h3-5,7,10H,1-2,6,13H2,(H,15,16). The van der Waals surface area contributed by atoms with Gasteiger partial charge >= 0.3 is 5.97 Å². The number of furan rings is 1. The summed E-state index contributed by atoms with van der Waals surface area (Å²) < 4.78 is 5.14. The second-order valence-corrected chi connectivity index (χ2v) is 4.06. The number of nitrogens with two attached hydrogens (primary N) is 1. The van der Waals surface area contributed by atoms with Gasteiger partial charge in [-0.25, -0.2) is 4.98 Å². The zero-order valence-electron chi connectivity index (χ0n) is 9.30. The number of carbonyl (C=O) groups is 1. The monoisotopic (exact) mass is 234 g/mol. The molecular weight excluding hydrogens is 220 g/mol. The Morgan fingerprint density at radius 2 is 2.41 bits per heavy atom. The molecule has 5 heteroatoms. The predicted octanol–water partition coefficient (Wildman–Crippen LogP) is 1.56. The summed E-state index contributed by atoms with van der Waals surface area (Å²) in [6, 6.07) is 3.52. The van der Waals surface area contributed by atoms with Gasteiger partial charge in [0.2, 0.25) is 5.71 Å². The third kappa shape index (κ3) is 3.04. The molecule has 0 saturated heterocycles. The Kier molecular flexibility index (Phi) is 3.39. The van der Waals surface area contributed by atoms with Crippen molar-refractivity contribution >= 4 is 17.1 Å². The van der Waals surface area contributed by atoms with Crippen molar-refractivity contribution in [2.24, 2.45) is 5.73 Å². The minimum Gasteiger partial charge on any atom is -0.481 e. The van der Waals surface area contributed by atoms with E-state index in [1.165, 1.54) is 0 Å². The number of hydrogen-bond acceptors (Lipinski definition) is 4. The first-order valence-corrected chi connectivity index (χ1v) is 5.44. The van der Waals surface area contributed by atoms with Crippen LogP contribution in [-0.4, -0.2) is 22.1 Å². The summed E-state index contributed by atoms with van der Waals surface area (Å²) in [5, 5.41) is 9.54. The quantitative estimate of drug-likeness (QED) is 0.819. The van der Waals surface area contributed by atoms with Crippen molar-refractivity contribution in [3.8, 4) is 0 Å². The lowest BCUT2D eigenvalue weighted by molar-refractivity contribution is -0.137. The average Bonchev–Trinajstić information content (AvgIpc) is 2.72. The van der Waals surface area contributed by atoms with E-state index in [4.69, 9.17) is 15.3 Å². The number of nitrogens with zero attached hydrogens (tertiary/aromatic N) is 1. The Balaban J connectivity index is 1.96. The second-order valence-electron chi connectivity index (χ2n) is 4.06. The molecule has 0 aromatic carbocycles. The van der Waals surface area contributed by atoms with Gasteiger partial charge in [-0.15, -0.1) is 0 Å². The van der Waals surface area contributed by atoms with Gasteiger partial charge in [0.1, 0.15) is 0 Å². The summed E-state index contributed by atoms with van der Waals surface area (Å²) in [6.07, 6.45) is 4.69. The molecule has 0 aliphatic heterocycles. The van der Waals surface area contributed by atoms with Crippen LogP contribution in [0, 0.1) is 0 Å². The Morgan fingerprint density at radius 3 is 3.18 bits per heavy atom. The number of aromatic nitrogens is 1. The normalized spacial score (nSPS) is 12.8. The molecule has 1 unspecified atom stereocenters. The highest BCUT2D eigenvalue weighted by atomic mass is 16.4. The maximum absolute atomic E-state index is 10.5. The van der Waals surface area contributed by atoms with Crippen LogP contribution >= 0.6 is 0 Å². The molecule has 0 bridgehead atoms. The number of hydrogen-bond donors (Lipinski definition) is 2. The minimum absolute atomic E-state index is 0.00137. The summed E-state index contributed by atoms with van der Waals surface area (Å²) in [7, 11) is 0. The maximum atomic E-state index is 10.5. The number of pyridine rings is 1. The molecule has 2 heterocycles.